The van der Waals surface area contributed by atoms with Gasteiger partial charge in [0.1, 0.15) is 11.5 Å². The third-order valence-corrected chi connectivity index (χ3v) is 4.52. The standard InChI is InChI=1S/C22H24N4O/c1-16-8-6-12-19(17(16)2)26-21-15-24-20(14-25-21)22(27)23-13-7-11-18-9-4-3-5-10-18/h3-6,8-10,12,14-15H,7,11,13H2,1-2H3,(H,23,27)(H,25,26). The van der Waals surface area contributed by atoms with E-state index in [2.05, 4.69) is 52.6 Å². The number of nitrogens with one attached hydrogen (secondary N) is 2. The fourth-order valence-electron chi connectivity index (χ4n) is 2.76. The van der Waals surface area contributed by atoms with Crippen LogP contribution in [0.4, 0.5) is 11.5 Å². The van der Waals surface area contributed by atoms with Crippen molar-refractivity contribution >= 4 is 17.4 Å². The normalized spacial score (nSPS) is 10.4. The predicted octanol–water partition coefficient (Wildman–Crippen LogP) is 4.20. The third kappa shape index (κ3) is 5.14. The number of carbonyl (C=O) groups excluding carboxylic acids is 1. The molecule has 0 aliphatic heterocycles. The van der Waals surface area contributed by atoms with Crippen LogP contribution in [0.15, 0.2) is 60.9 Å². The van der Waals surface area contributed by atoms with Gasteiger partial charge >= 0.3 is 0 Å². The highest BCUT2D eigenvalue weighted by atomic mass is 16.1. The number of benzene rings is 2. The molecule has 27 heavy (non-hydrogen) atoms. The van der Waals surface area contributed by atoms with E-state index in [1.807, 2.05) is 30.3 Å². The van der Waals surface area contributed by atoms with E-state index in [9.17, 15) is 4.79 Å². The Morgan fingerprint density at radius 2 is 1.78 bits per heavy atom. The molecular weight excluding hydrogens is 336 g/mol. The molecule has 5 heteroatoms. The molecule has 0 saturated heterocycles. The summed E-state index contributed by atoms with van der Waals surface area (Å²) in [5, 5.41) is 6.14. The maximum atomic E-state index is 12.2. The molecule has 0 saturated carbocycles. The zero-order valence-electron chi connectivity index (χ0n) is 15.7. The third-order valence-electron chi connectivity index (χ3n) is 4.52. The second kappa shape index (κ2) is 8.94. The molecule has 5 nitrogen and oxygen atoms in total. The number of rotatable bonds is 7. The molecule has 0 atom stereocenters. The lowest BCUT2D eigenvalue weighted by Gasteiger charge is -2.11. The summed E-state index contributed by atoms with van der Waals surface area (Å²) in [7, 11) is 0. The van der Waals surface area contributed by atoms with Crippen LogP contribution in [0.1, 0.15) is 33.6 Å². The van der Waals surface area contributed by atoms with Crippen molar-refractivity contribution in [1.29, 1.82) is 0 Å². The molecule has 0 bridgehead atoms. The second-order valence-corrected chi connectivity index (χ2v) is 6.50. The van der Waals surface area contributed by atoms with E-state index < -0.39 is 0 Å². The summed E-state index contributed by atoms with van der Waals surface area (Å²) in [6.07, 6.45) is 4.90. The van der Waals surface area contributed by atoms with Crippen LogP contribution in [0.2, 0.25) is 0 Å². The summed E-state index contributed by atoms with van der Waals surface area (Å²) in [6.45, 7) is 4.73. The highest BCUT2D eigenvalue weighted by Gasteiger charge is 2.08. The van der Waals surface area contributed by atoms with Crippen molar-refractivity contribution in [3.8, 4) is 0 Å². The first kappa shape index (κ1) is 18.6. The van der Waals surface area contributed by atoms with Crippen LogP contribution in [-0.2, 0) is 6.42 Å². The molecule has 0 aliphatic carbocycles. The van der Waals surface area contributed by atoms with Gasteiger partial charge in [0, 0.05) is 12.2 Å². The summed E-state index contributed by atoms with van der Waals surface area (Å²) in [4.78, 5) is 20.7. The van der Waals surface area contributed by atoms with Crippen LogP contribution in [0.3, 0.4) is 0 Å². The smallest absolute Gasteiger partial charge is 0.271 e. The Morgan fingerprint density at radius 1 is 0.963 bits per heavy atom. The first-order valence-electron chi connectivity index (χ1n) is 9.11. The van der Waals surface area contributed by atoms with Crippen LogP contribution in [-0.4, -0.2) is 22.4 Å². The maximum Gasteiger partial charge on any atom is 0.271 e. The molecule has 2 aromatic carbocycles. The summed E-state index contributed by atoms with van der Waals surface area (Å²) in [6, 6.07) is 16.3. The zero-order valence-corrected chi connectivity index (χ0v) is 15.7. The molecule has 3 rings (SSSR count). The van der Waals surface area contributed by atoms with Crippen LogP contribution < -0.4 is 10.6 Å². The number of carbonyl (C=O) groups is 1. The van der Waals surface area contributed by atoms with Crippen LogP contribution >= 0.6 is 0 Å². The number of hydrogen-bond acceptors (Lipinski definition) is 4. The predicted molar refractivity (Wildman–Crippen MR) is 108 cm³/mol. The van der Waals surface area contributed by atoms with Crippen LogP contribution in [0, 0.1) is 13.8 Å². The van der Waals surface area contributed by atoms with Gasteiger partial charge in [-0.15, -0.1) is 0 Å². The van der Waals surface area contributed by atoms with E-state index in [-0.39, 0.29) is 5.91 Å². The number of aromatic nitrogens is 2. The van der Waals surface area contributed by atoms with Gasteiger partial charge < -0.3 is 10.6 Å². The Balaban J connectivity index is 1.50. The lowest BCUT2D eigenvalue weighted by Crippen LogP contribution is -2.25. The topological polar surface area (TPSA) is 66.9 Å². The molecule has 1 aromatic heterocycles. The van der Waals surface area contributed by atoms with Crippen molar-refractivity contribution in [3.63, 3.8) is 0 Å². The molecule has 2 N–H and O–H groups in total. The monoisotopic (exact) mass is 360 g/mol. The van der Waals surface area contributed by atoms with E-state index in [4.69, 9.17) is 0 Å². The van der Waals surface area contributed by atoms with Gasteiger partial charge in [-0.2, -0.15) is 0 Å². The molecule has 0 fully saturated rings. The lowest BCUT2D eigenvalue weighted by atomic mass is 10.1. The summed E-state index contributed by atoms with van der Waals surface area (Å²) in [5.74, 6) is 0.415. The summed E-state index contributed by atoms with van der Waals surface area (Å²) < 4.78 is 0. The van der Waals surface area contributed by atoms with Crippen molar-refractivity contribution in [3.05, 3.63) is 83.3 Å². The summed E-state index contributed by atoms with van der Waals surface area (Å²) >= 11 is 0. The van der Waals surface area contributed by atoms with E-state index in [0.29, 0.717) is 18.1 Å². The second-order valence-electron chi connectivity index (χ2n) is 6.50. The minimum absolute atomic E-state index is 0.200. The largest absolute Gasteiger partial charge is 0.351 e. The first-order chi connectivity index (χ1) is 13.1. The minimum atomic E-state index is -0.200. The molecule has 0 unspecified atom stereocenters. The van der Waals surface area contributed by atoms with Gasteiger partial charge in [0.2, 0.25) is 0 Å². The van der Waals surface area contributed by atoms with E-state index in [0.717, 1.165) is 18.5 Å². The van der Waals surface area contributed by atoms with Crippen LogP contribution in [0.5, 0.6) is 0 Å². The molecule has 1 amide bonds. The fourth-order valence-corrected chi connectivity index (χ4v) is 2.76. The van der Waals surface area contributed by atoms with Gasteiger partial charge in [0.15, 0.2) is 0 Å². The van der Waals surface area contributed by atoms with Crippen LogP contribution in [0.25, 0.3) is 0 Å². The van der Waals surface area contributed by atoms with Crippen molar-refractivity contribution in [2.75, 3.05) is 11.9 Å². The number of aryl methyl sites for hydroxylation is 2. The van der Waals surface area contributed by atoms with Gasteiger partial charge in [-0.3, -0.25) is 4.79 Å². The highest BCUT2D eigenvalue weighted by Crippen LogP contribution is 2.21. The quantitative estimate of drug-likeness (QED) is 0.620. The van der Waals surface area contributed by atoms with Gasteiger partial charge in [0.25, 0.3) is 5.91 Å². The Kier molecular flexibility index (Phi) is 6.15. The van der Waals surface area contributed by atoms with Gasteiger partial charge in [-0.05, 0) is 49.4 Å². The van der Waals surface area contributed by atoms with Crippen molar-refractivity contribution in [2.24, 2.45) is 0 Å². The molecule has 3 aromatic rings. The van der Waals surface area contributed by atoms with E-state index >= 15 is 0 Å². The molecular formula is C22H24N4O. The fraction of sp³-hybridized carbons (Fsp3) is 0.227. The van der Waals surface area contributed by atoms with Gasteiger partial charge in [0.05, 0.1) is 12.4 Å². The van der Waals surface area contributed by atoms with E-state index in [1.165, 1.54) is 22.9 Å². The number of hydrogen-bond donors (Lipinski definition) is 2. The number of anilines is 2. The van der Waals surface area contributed by atoms with Crippen molar-refractivity contribution < 1.29 is 4.79 Å². The average molecular weight is 360 g/mol. The summed E-state index contributed by atoms with van der Waals surface area (Å²) in [5.41, 5.74) is 4.95. The number of nitrogens with zero attached hydrogens (tertiary/aromatic N) is 2. The van der Waals surface area contributed by atoms with Crippen molar-refractivity contribution in [1.82, 2.24) is 15.3 Å². The Hall–Kier alpha value is -3.21. The molecule has 0 aliphatic rings. The molecule has 138 valence electrons. The molecule has 1 heterocycles. The lowest BCUT2D eigenvalue weighted by molar-refractivity contribution is 0.0948. The Labute approximate surface area is 159 Å². The maximum absolute atomic E-state index is 12.2. The van der Waals surface area contributed by atoms with Crippen molar-refractivity contribution in [2.45, 2.75) is 26.7 Å². The average Bonchev–Trinajstić information content (AvgIpc) is 2.70. The number of amides is 1. The van der Waals surface area contributed by atoms with Gasteiger partial charge in [-0.25, -0.2) is 9.97 Å². The zero-order chi connectivity index (χ0) is 19.1. The Morgan fingerprint density at radius 3 is 2.52 bits per heavy atom. The minimum Gasteiger partial charge on any atom is -0.351 e. The Bertz CT molecular complexity index is 892. The SMILES string of the molecule is Cc1cccc(Nc2cnc(C(=O)NCCCc3ccccc3)cn2)c1C. The molecule has 0 spiro atoms. The highest BCUT2D eigenvalue weighted by molar-refractivity contribution is 5.92. The first-order valence-corrected chi connectivity index (χ1v) is 9.11. The molecule has 0 radical (unpaired) electrons. The van der Waals surface area contributed by atoms with Gasteiger partial charge in [-0.1, -0.05) is 42.5 Å². The van der Waals surface area contributed by atoms with E-state index in [1.54, 1.807) is 6.20 Å².